The largest absolute Gasteiger partial charge is 0.506 e. The first-order valence-corrected chi connectivity index (χ1v) is 8.56. The van der Waals surface area contributed by atoms with Crippen molar-refractivity contribution in [1.29, 1.82) is 0 Å². The molecule has 0 aliphatic carbocycles. The van der Waals surface area contributed by atoms with E-state index in [1.807, 2.05) is 0 Å². The summed E-state index contributed by atoms with van der Waals surface area (Å²) in [5.41, 5.74) is 0.184. The zero-order chi connectivity index (χ0) is 15.8. The number of non-ortho nitro benzene ring substituents is 1. The number of nitro benzene ring substituents is 1. The Balaban J connectivity index is 2.41. The van der Waals surface area contributed by atoms with Crippen LogP contribution in [-0.4, -0.2) is 18.4 Å². The quantitative estimate of drug-likeness (QED) is 0.471. The van der Waals surface area contributed by atoms with Crippen molar-refractivity contribution in [2.45, 2.75) is 11.1 Å². The van der Waals surface area contributed by atoms with Crippen LogP contribution < -0.4 is 4.72 Å². The van der Waals surface area contributed by atoms with Crippen molar-refractivity contribution in [3.63, 3.8) is 0 Å². The van der Waals surface area contributed by atoms with Gasteiger partial charge in [0.15, 0.2) is 0 Å². The van der Waals surface area contributed by atoms with Crippen LogP contribution in [0.25, 0.3) is 0 Å². The number of phenols is 1. The van der Waals surface area contributed by atoms with Gasteiger partial charge in [-0.2, -0.15) is 0 Å². The third-order valence-corrected chi connectivity index (χ3v) is 6.51. The van der Waals surface area contributed by atoms with Crippen LogP contribution in [0.15, 0.2) is 32.3 Å². The third kappa shape index (κ3) is 3.34. The van der Waals surface area contributed by atoms with E-state index in [2.05, 4.69) is 20.7 Å². The molecule has 7 nitrogen and oxygen atoms in total. The SMILES string of the molecule is Cc1cc(S(=O)(=O)Nc2cc([N+](=O)[O-])ccc2O)sc1Br. The molecule has 112 valence electrons. The van der Waals surface area contributed by atoms with Crippen molar-refractivity contribution < 1.29 is 18.4 Å². The van der Waals surface area contributed by atoms with Crippen LogP contribution in [0.3, 0.4) is 0 Å². The molecule has 0 saturated heterocycles. The minimum atomic E-state index is -3.92. The molecular weight excluding hydrogens is 384 g/mol. The molecule has 0 unspecified atom stereocenters. The van der Waals surface area contributed by atoms with Crippen molar-refractivity contribution in [1.82, 2.24) is 0 Å². The number of nitrogens with zero attached hydrogens (tertiary/aromatic N) is 1. The van der Waals surface area contributed by atoms with E-state index in [4.69, 9.17) is 0 Å². The summed E-state index contributed by atoms with van der Waals surface area (Å²) in [6.07, 6.45) is 0. The van der Waals surface area contributed by atoms with Crippen LogP contribution in [0.1, 0.15) is 5.56 Å². The molecule has 0 amide bonds. The van der Waals surface area contributed by atoms with Crippen molar-refractivity contribution >= 4 is 48.7 Å². The maximum absolute atomic E-state index is 12.2. The summed E-state index contributed by atoms with van der Waals surface area (Å²) in [4.78, 5) is 10.0. The van der Waals surface area contributed by atoms with E-state index in [1.165, 1.54) is 6.07 Å². The topological polar surface area (TPSA) is 110 Å². The molecule has 0 bridgehead atoms. The van der Waals surface area contributed by atoms with Gasteiger partial charge < -0.3 is 5.11 Å². The number of aromatic hydroxyl groups is 1. The summed E-state index contributed by atoms with van der Waals surface area (Å²) in [5, 5.41) is 20.3. The molecule has 2 aromatic rings. The van der Waals surface area contributed by atoms with Gasteiger partial charge >= 0.3 is 0 Å². The fourth-order valence-corrected chi connectivity index (χ4v) is 4.77. The number of hydrogen-bond donors (Lipinski definition) is 2. The van der Waals surface area contributed by atoms with Gasteiger partial charge in [0.1, 0.15) is 9.96 Å². The summed E-state index contributed by atoms with van der Waals surface area (Å²) >= 11 is 4.23. The Bertz CT molecular complexity index is 797. The van der Waals surface area contributed by atoms with Crippen molar-refractivity contribution in [3.8, 4) is 5.75 Å². The molecule has 0 aliphatic rings. The molecule has 1 aromatic heterocycles. The van der Waals surface area contributed by atoms with E-state index < -0.39 is 20.7 Å². The van der Waals surface area contributed by atoms with E-state index in [1.54, 1.807) is 6.92 Å². The first-order chi connectivity index (χ1) is 9.70. The highest BCUT2D eigenvalue weighted by molar-refractivity contribution is 9.11. The van der Waals surface area contributed by atoms with Crippen LogP contribution in [0.5, 0.6) is 5.75 Å². The third-order valence-electron chi connectivity index (χ3n) is 2.53. The number of rotatable bonds is 4. The van der Waals surface area contributed by atoms with Gasteiger partial charge in [0.05, 0.1) is 14.4 Å². The molecule has 0 saturated carbocycles. The zero-order valence-corrected chi connectivity index (χ0v) is 13.8. The monoisotopic (exact) mass is 392 g/mol. The summed E-state index contributed by atoms with van der Waals surface area (Å²) in [5.74, 6) is -0.392. The molecule has 0 atom stereocenters. The minimum Gasteiger partial charge on any atom is -0.506 e. The van der Waals surface area contributed by atoms with E-state index in [-0.39, 0.29) is 15.6 Å². The Morgan fingerprint density at radius 2 is 2.05 bits per heavy atom. The van der Waals surface area contributed by atoms with Crippen molar-refractivity contribution in [3.05, 3.63) is 43.7 Å². The van der Waals surface area contributed by atoms with Gasteiger partial charge in [0.2, 0.25) is 0 Å². The molecule has 1 aromatic carbocycles. The summed E-state index contributed by atoms with van der Waals surface area (Å²) in [6, 6.07) is 4.57. The second-order valence-electron chi connectivity index (χ2n) is 4.09. The number of hydrogen-bond acceptors (Lipinski definition) is 6. The lowest BCUT2D eigenvalue weighted by atomic mass is 10.2. The second-order valence-corrected chi connectivity index (χ2v) is 8.37. The number of halogens is 1. The molecule has 0 aliphatic heterocycles. The number of phenolic OH excluding ortho intramolecular Hbond substituents is 1. The Hall–Kier alpha value is -1.65. The number of thiophene rings is 1. The van der Waals surface area contributed by atoms with E-state index >= 15 is 0 Å². The number of nitro groups is 1. The molecule has 2 N–H and O–H groups in total. The molecule has 2 rings (SSSR count). The second kappa shape index (κ2) is 5.62. The van der Waals surface area contributed by atoms with Crippen LogP contribution in [0, 0.1) is 17.0 Å². The van der Waals surface area contributed by atoms with Gasteiger partial charge in [-0.15, -0.1) is 11.3 Å². The van der Waals surface area contributed by atoms with E-state index in [0.717, 1.165) is 35.1 Å². The molecule has 0 spiro atoms. The summed E-state index contributed by atoms with van der Waals surface area (Å²) in [6.45, 7) is 1.74. The molecule has 21 heavy (non-hydrogen) atoms. The molecule has 0 fully saturated rings. The molecule has 1 heterocycles. The Kier molecular flexibility index (Phi) is 4.21. The van der Waals surface area contributed by atoms with Gasteiger partial charge in [-0.25, -0.2) is 8.42 Å². The first kappa shape index (κ1) is 15.7. The molecular formula is C11H9BrN2O5S2. The van der Waals surface area contributed by atoms with Gasteiger partial charge in [-0.1, -0.05) is 0 Å². The predicted octanol–water partition coefficient (Wildman–Crippen LogP) is 3.23. The number of benzene rings is 1. The highest BCUT2D eigenvalue weighted by atomic mass is 79.9. The number of aryl methyl sites for hydroxylation is 1. The predicted molar refractivity (Wildman–Crippen MR) is 82.3 cm³/mol. The minimum absolute atomic E-state index is 0.0396. The van der Waals surface area contributed by atoms with Gasteiger partial charge in [-0.05, 0) is 40.5 Å². The summed E-state index contributed by atoms with van der Waals surface area (Å²) < 4.78 is 27.3. The molecule has 10 heteroatoms. The van der Waals surface area contributed by atoms with Crippen molar-refractivity contribution in [2.75, 3.05) is 4.72 Å². The van der Waals surface area contributed by atoms with E-state index in [0.29, 0.717) is 3.79 Å². The summed E-state index contributed by atoms with van der Waals surface area (Å²) in [7, 11) is -3.92. The maximum atomic E-state index is 12.2. The number of sulfonamides is 1. The molecule has 0 radical (unpaired) electrons. The van der Waals surface area contributed by atoms with Crippen molar-refractivity contribution in [2.24, 2.45) is 0 Å². The van der Waals surface area contributed by atoms with Crippen LogP contribution in [0.2, 0.25) is 0 Å². The fraction of sp³-hybridized carbons (Fsp3) is 0.0909. The zero-order valence-electron chi connectivity index (χ0n) is 10.5. The lowest BCUT2D eigenvalue weighted by molar-refractivity contribution is -0.384. The maximum Gasteiger partial charge on any atom is 0.271 e. The van der Waals surface area contributed by atoms with E-state index in [9.17, 15) is 23.6 Å². The fourth-order valence-electron chi connectivity index (χ4n) is 1.48. The highest BCUT2D eigenvalue weighted by Gasteiger charge is 2.21. The Labute approximate surface area is 132 Å². The Morgan fingerprint density at radius 1 is 1.38 bits per heavy atom. The van der Waals surface area contributed by atoms with Gasteiger partial charge in [0, 0.05) is 12.1 Å². The Morgan fingerprint density at radius 3 is 2.57 bits per heavy atom. The smallest absolute Gasteiger partial charge is 0.271 e. The number of anilines is 1. The highest BCUT2D eigenvalue weighted by Crippen LogP contribution is 2.34. The number of nitrogens with one attached hydrogen (secondary N) is 1. The average Bonchev–Trinajstić information content (AvgIpc) is 2.73. The lowest BCUT2D eigenvalue weighted by Gasteiger charge is -2.07. The van der Waals surface area contributed by atoms with Crippen LogP contribution in [0.4, 0.5) is 11.4 Å². The standard InChI is InChI=1S/C11H9BrN2O5S2/c1-6-4-10(20-11(6)12)21(18,19)13-8-5-7(14(16)17)2-3-9(8)15/h2-5,13,15H,1H3. The average molecular weight is 393 g/mol. The lowest BCUT2D eigenvalue weighted by Crippen LogP contribution is -2.11. The van der Waals surface area contributed by atoms with Gasteiger partial charge in [-0.3, -0.25) is 14.8 Å². The van der Waals surface area contributed by atoms with Crippen LogP contribution in [-0.2, 0) is 10.0 Å². The first-order valence-electron chi connectivity index (χ1n) is 5.47. The normalized spacial score (nSPS) is 11.3. The van der Waals surface area contributed by atoms with Gasteiger partial charge in [0.25, 0.3) is 15.7 Å². The van der Waals surface area contributed by atoms with Crippen LogP contribution >= 0.6 is 27.3 Å².